The van der Waals surface area contributed by atoms with Crippen molar-refractivity contribution in [3.63, 3.8) is 0 Å². The first kappa shape index (κ1) is 30.8. The number of benzene rings is 2. The summed E-state index contributed by atoms with van der Waals surface area (Å²) in [5.41, 5.74) is 6.89. The molecule has 0 atom stereocenters. The van der Waals surface area contributed by atoms with E-state index in [1.807, 2.05) is 0 Å². The van der Waals surface area contributed by atoms with Crippen LogP contribution in [0.2, 0.25) is 0 Å². The molecule has 4 aromatic rings. The minimum absolute atomic E-state index is 0.0518. The molecule has 0 aliphatic rings. The molecule has 43 heavy (non-hydrogen) atoms. The number of nitrogens with zero attached hydrogens (tertiary/aromatic N) is 3. The maximum atomic E-state index is 12.6. The zero-order chi connectivity index (χ0) is 31.5. The van der Waals surface area contributed by atoms with Crippen molar-refractivity contribution >= 4 is 33.6 Å². The Labute approximate surface area is 248 Å². The lowest BCUT2D eigenvalue weighted by Crippen LogP contribution is -2.35. The van der Waals surface area contributed by atoms with Crippen LogP contribution in [-0.4, -0.2) is 52.4 Å². The highest BCUT2D eigenvalue weighted by atomic mass is 32.2. The number of hydrogen-bond donors (Lipinski definition) is 4. The molecule has 224 valence electrons. The van der Waals surface area contributed by atoms with Gasteiger partial charge in [-0.25, -0.2) is 23.2 Å². The van der Waals surface area contributed by atoms with E-state index < -0.39 is 38.6 Å². The molecule has 0 unspecified atom stereocenters. The van der Waals surface area contributed by atoms with Crippen LogP contribution >= 0.6 is 0 Å². The number of sulfone groups is 1. The molecule has 2 heterocycles. The number of carbonyl (C=O) groups excluding carboxylic acids is 2. The predicted molar refractivity (Wildman–Crippen MR) is 160 cm³/mol. The van der Waals surface area contributed by atoms with Gasteiger partial charge >= 0.3 is 6.09 Å². The van der Waals surface area contributed by atoms with Crippen molar-refractivity contribution in [3.8, 4) is 34.0 Å². The summed E-state index contributed by atoms with van der Waals surface area (Å²) in [6, 6.07) is 14.2. The van der Waals surface area contributed by atoms with E-state index in [0.717, 1.165) is 0 Å². The fourth-order valence-electron chi connectivity index (χ4n) is 3.79. The molecule has 2 aromatic carbocycles. The van der Waals surface area contributed by atoms with Gasteiger partial charge in [-0.3, -0.25) is 20.8 Å². The van der Waals surface area contributed by atoms with Crippen LogP contribution in [0.1, 0.15) is 45.0 Å². The van der Waals surface area contributed by atoms with Gasteiger partial charge in [-0.05, 0) is 58.9 Å². The van der Waals surface area contributed by atoms with Crippen LogP contribution in [0.3, 0.4) is 0 Å². The summed E-state index contributed by atoms with van der Waals surface area (Å²) in [5.74, 6) is -0.769. The van der Waals surface area contributed by atoms with Gasteiger partial charge in [0.2, 0.25) is 0 Å². The first-order valence-corrected chi connectivity index (χ1v) is 14.6. The smallest absolute Gasteiger partial charge is 0.413 e. The van der Waals surface area contributed by atoms with Crippen LogP contribution in [-0.2, 0) is 14.6 Å². The number of anilines is 1. The van der Waals surface area contributed by atoms with Gasteiger partial charge in [0, 0.05) is 22.8 Å². The Morgan fingerprint density at radius 1 is 1.00 bits per heavy atom. The summed E-state index contributed by atoms with van der Waals surface area (Å²) >= 11 is 0. The Kier molecular flexibility index (Phi) is 8.62. The van der Waals surface area contributed by atoms with Gasteiger partial charge in [0.15, 0.2) is 33.1 Å². The molecule has 0 bridgehead atoms. The zero-order valence-electron chi connectivity index (χ0n) is 24.1. The Hall–Kier alpha value is -5.11. The number of amides is 2. The average Bonchev–Trinajstić information content (AvgIpc) is 3.42. The summed E-state index contributed by atoms with van der Waals surface area (Å²) in [4.78, 5) is 33.9. The highest BCUT2D eigenvalue weighted by Crippen LogP contribution is 2.32. The molecular weight excluding hydrogens is 574 g/mol. The molecule has 0 spiro atoms. The molecular formula is C29H31N7O6S. The van der Waals surface area contributed by atoms with E-state index in [1.165, 1.54) is 18.3 Å². The number of nitrogens with one attached hydrogen (secondary N) is 3. The molecule has 2 amide bonds. The quantitative estimate of drug-likeness (QED) is 0.170. The van der Waals surface area contributed by atoms with Crippen molar-refractivity contribution in [2.24, 2.45) is 5.73 Å². The molecule has 0 saturated heterocycles. The molecule has 14 heteroatoms. The second kappa shape index (κ2) is 12.0. The Morgan fingerprint density at radius 2 is 1.60 bits per heavy atom. The molecule has 4 rings (SSSR count). The standard InChI is InChI=1S/C29H31N7O6S/c1-16(2)43(39,40)20-12-10-18(11-13-20)22-15-32-25(34-28(38)41-29(3,4)5)24(33-22)23-14-21(36-42-23)17-6-8-19(9-7-17)26(37)35-27(30)31/h6-16H,1-5H3,(H,32,34,38)(H4,30,31,35,37). The van der Waals surface area contributed by atoms with Crippen molar-refractivity contribution in [2.75, 3.05) is 5.32 Å². The van der Waals surface area contributed by atoms with E-state index in [2.05, 4.69) is 25.8 Å². The van der Waals surface area contributed by atoms with Crippen LogP contribution in [0.4, 0.5) is 10.6 Å². The van der Waals surface area contributed by atoms with E-state index in [9.17, 15) is 18.0 Å². The average molecular weight is 606 g/mol. The summed E-state index contributed by atoms with van der Waals surface area (Å²) in [7, 11) is -3.46. The number of ether oxygens (including phenoxy) is 1. The molecule has 13 nitrogen and oxygen atoms in total. The molecule has 0 radical (unpaired) electrons. The van der Waals surface area contributed by atoms with E-state index in [1.54, 1.807) is 77.1 Å². The van der Waals surface area contributed by atoms with Crippen molar-refractivity contribution < 1.29 is 27.3 Å². The maximum Gasteiger partial charge on any atom is 0.413 e. The molecule has 5 N–H and O–H groups in total. The van der Waals surface area contributed by atoms with Crippen molar-refractivity contribution in [1.29, 1.82) is 5.41 Å². The second-order valence-electron chi connectivity index (χ2n) is 10.7. The SMILES string of the molecule is CC(C)S(=O)(=O)c1ccc(-c2cnc(NC(=O)OC(C)(C)C)c(-c3cc(-c4ccc(C(=O)NC(=N)N)cc4)no3)n2)cc1. The minimum atomic E-state index is -3.46. The lowest BCUT2D eigenvalue weighted by Gasteiger charge is -2.19. The highest BCUT2D eigenvalue weighted by molar-refractivity contribution is 7.92. The van der Waals surface area contributed by atoms with E-state index in [0.29, 0.717) is 22.5 Å². The molecule has 2 aromatic heterocycles. The molecule has 0 fully saturated rings. The summed E-state index contributed by atoms with van der Waals surface area (Å²) in [6.45, 7) is 8.40. The Balaban J connectivity index is 1.70. The van der Waals surface area contributed by atoms with Crippen molar-refractivity contribution in [1.82, 2.24) is 20.4 Å². The van der Waals surface area contributed by atoms with Crippen LogP contribution in [0, 0.1) is 5.41 Å². The van der Waals surface area contributed by atoms with Crippen LogP contribution in [0.25, 0.3) is 34.0 Å². The lowest BCUT2D eigenvalue weighted by atomic mass is 10.1. The van der Waals surface area contributed by atoms with E-state index >= 15 is 0 Å². The molecule has 0 aliphatic carbocycles. The molecule has 0 aliphatic heterocycles. The van der Waals surface area contributed by atoms with Gasteiger partial charge in [0.05, 0.1) is 22.0 Å². The fraction of sp³-hybridized carbons (Fsp3) is 0.241. The predicted octanol–water partition coefficient (Wildman–Crippen LogP) is 4.62. The third-order valence-electron chi connectivity index (χ3n) is 5.93. The second-order valence-corrected chi connectivity index (χ2v) is 13.2. The first-order chi connectivity index (χ1) is 20.1. The number of nitrogens with two attached hydrogens (primary N) is 1. The topological polar surface area (TPSA) is 203 Å². The minimum Gasteiger partial charge on any atom is -0.444 e. The molecule has 0 saturated carbocycles. The largest absolute Gasteiger partial charge is 0.444 e. The van der Waals surface area contributed by atoms with Crippen molar-refractivity contribution in [2.45, 2.75) is 50.4 Å². The summed E-state index contributed by atoms with van der Waals surface area (Å²) in [6.07, 6.45) is 0.683. The zero-order valence-corrected chi connectivity index (χ0v) is 24.9. The Bertz CT molecular complexity index is 1780. The van der Waals surface area contributed by atoms with Gasteiger partial charge in [0.1, 0.15) is 11.3 Å². The van der Waals surface area contributed by atoms with Gasteiger partial charge in [-0.1, -0.05) is 29.4 Å². The summed E-state index contributed by atoms with van der Waals surface area (Å²) in [5, 5.41) is 15.6. The van der Waals surface area contributed by atoms with E-state index in [-0.39, 0.29) is 27.7 Å². The van der Waals surface area contributed by atoms with E-state index in [4.69, 9.17) is 20.4 Å². The fourth-order valence-corrected chi connectivity index (χ4v) is 4.85. The number of aromatic nitrogens is 3. The summed E-state index contributed by atoms with van der Waals surface area (Å²) < 4.78 is 36.0. The third kappa shape index (κ3) is 7.40. The normalized spacial score (nSPS) is 11.7. The highest BCUT2D eigenvalue weighted by Gasteiger charge is 2.23. The Morgan fingerprint density at radius 3 is 2.19 bits per heavy atom. The van der Waals surface area contributed by atoms with Gasteiger partial charge in [-0.15, -0.1) is 0 Å². The van der Waals surface area contributed by atoms with Gasteiger partial charge in [0.25, 0.3) is 5.91 Å². The number of hydrogen-bond acceptors (Lipinski definition) is 10. The van der Waals surface area contributed by atoms with Crippen molar-refractivity contribution in [3.05, 3.63) is 66.4 Å². The van der Waals surface area contributed by atoms with Crippen LogP contribution in [0.5, 0.6) is 0 Å². The van der Waals surface area contributed by atoms with Gasteiger partial charge < -0.3 is 15.0 Å². The van der Waals surface area contributed by atoms with Crippen LogP contribution < -0.4 is 16.4 Å². The lowest BCUT2D eigenvalue weighted by molar-refractivity contribution is 0.0635. The first-order valence-electron chi connectivity index (χ1n) is 13.1. The number of guanidine groups is 1. The van der Waals surface area contributed by atoms with Gasteiger partial charge in [-0.2, -0.15) is 0 Å². The maximum absolute atomic E-state index is 12.6. The third-order valence-corrected chi connectivity index (χ3v) is 8.10. The number of carbonyl (C=O) groups is 2. The monoisotopic (exact) mass is 605 g/mol. The van der Waals surface area contributed by atoms with Crippen LogP contribution in [0.15, 0.2) is 70.2 Å². The number of rotatable bonds is 7.